The van der Waals surface area contributed by atoms with Gasteiger partial charge in [0.1, 0.15) is 5.76 Å². The molecule has 1 aromatic heterocycles. The van der Waals surface area contributed by atoms with E-state index in [-0.39, 0.29) is 0 Å². The summed E-state index contributed by atoms with van der Waals surface area (Å²) in [4.78, 5) is 4.55. The third kappa shape index (κ3) is 7.08. The standard InChI is InChI=1S/C16H31N3O/c1-14(2)11-17-12-15-7-10-20-16(15)13-19(5)9-6-8-18(3)4/h7,10,14,17H,6,8-9,11-13H2,1-5H3. The van der Waals surface area contributed by atoms with E-state index in [2.05, 4.69) is 56.2 Å². The van der Waals surface area contributed by atoms with Gasteiger partial charge in [-0.25, -0.2) is 0 Å². The number of hydrogen-bond donors (Lipinski definition) is 1. The lowest BCUT2D eigenvalue weighted by molar-refractivity contribution is 0.272. The molecular formula is C16H31N3O. The van der Waals surface area contributed by atoms with Gasteiger partial charge in [0.2, 0.25) is 0 Å². The number of furan rings is 1. The largest absolute Gasteiger partial charge is 0.468 e. The average molecular weight is 281 g/mol. The molecule has 0 fully saturated rings. The maximum Gasteiger partial charge on any atom is 0.122 e. The summed E-state index contributed by atoms with van der Waals surface area (Å²) in [6.45, 7) is 9.50. The van der Waals surface area contributed by atoms with Gasteiger partial charge < -0.3 is 14.6 Å². The molecule has 0 saturated heterocycles. The minimum Gasteiger partial charge on any atom is -0.468 e. The number of hydrogen-bond acceptors (Lipinski definition) is 4. The third-order valence-electron chi connectivity index (χ3n) is 3.26. The highest BCUT2D eigenvalue weighted by atomic mass is 16.3. The van der Waals surface area contributed by atoms with Crippen molar-refractivity contribution < 1.29 is 4.42 Å². The maximum absolute atomic E-state index is 5.63. The first-order chi connectivity index (χ1) is 9.49. The second-order valence-corrected chi connectivity index (χ2v) is 6.29. The van der Waals surface area contributed by atoms with E-state index in [1.54, 1.807) is 6.26 Å². The van der Waals surface area contributed by atoms with Gasteiger partial charge in [-0.3, -0.25) is 4.90 Å². The third-order valence-corrected chi connectivity index (χ3v) is 3.26. The van der Waals surface area contributed by atoms with Gasteiger partial charge >= 0.3 is 0 Å². The monoisotopic (exact) mass is 281 g/mol. The molecule has 0 atom stereocenters. The zero-order chi connectivity index (χ0) is 15.0. The molecule has 1 N–H and O–H groups in total. The molecule has 0 radical (unpaired) electrons. The van der Waals surface area contributed by atoms with Crippen molar-refractivity contribution >= 4 is 0 Å². The van der Waals surface area contributed by atoms with Gasteiger partial charge in [0.25, 0.3) is 0 Å². The normalized spacial score (nSPS) is 12.0. The van der Waals surface area contributed by atoms with Gasteiger partial charge in [-0.2, -0.15) is 0 Å². The minimum atomic E-state index is 0.680. The summed E-state index contributed by atoms with van der Waals surface area (Å²) in [6.07, 6.45) is 2.99. The van der Waals surface area contributed by atoms with Gasteiger partial charge in [-0.15, -0.1) is 0 Å². The van der Waals surface area contributed by atoms with Crippen LogP contribution < -0.4 is 5.32 Å². The fourth-order valence-electron chi connectivity index (χ4n) is 2.14. The fourth-order valence-corrected chi connectivity index (χ4v) is 2.14. The molecule has 0 aromatic carbocycles. The van der Waals surface area contributed by atoms with Crippen LogP contribution in [0.1, 0.15) is 31.6 Å². The van der Waals surface area contributed by atoms with Crippen molar-refractivity contribution in [2.24, 2.45) is 5.92 Å². The van der Waals surface area contributed by atoms with E-state index in [0.29, 0.717) is 5.92 Å². The molecule has 0 bridgehead atoms. The van der Waals surface area contributed by atoms with Crippen molar-refractivity contribution in [1.29, 1.82) is 0 Å². The molecule has 20 heavy (non-hydrogen) atoms. The summed E-state index contributed by atoms with van der Waals surface area (Å²) in [6, 6.07) is 2.08. The molecule has 0 unspecified atom stereocenters. The molecule has 0 amide bonds. The summed E-state index contributed by atoms with van der Waals surface area (Å²) in [5.41, 5.74) is 1.28. The van der Waals surface area contributed by atoms with Crippen molar-refractivity contribution in [2.75, 3.05) is 40.8 Å². The summed E-state index contributed by atoms with van der Waals surface area (Å²) in [5, 5.41) is 3.47. The van der Waals surface area contributed by atoms with Crippen LogP contribution >= 0.6 is 0 Å². The highest BCUT2D eigenvalue weighted by Crippen LogP contribution is 2.13. The topological polar surface area (TPSA) is 31.7 Å². The van der Waals surface area contributed by atoms with E-state index >= 15 is 0 Å². The summed E-state index contributed by atoms with van der Waals surface area (Å²) < 4.78 is 5.63. The Morgan fingerprint density at radius 1 is 1.20 bits per heavy atom. The predicted octanol–water partition coefficient (Wildman–Crippen LogP) is 2.41. The minimum absolute atomic E-state index is 0.680. The molecule has 1 rings (SSSR count). The van der Waals surface area contributed by atoms with Gasteiger partial charge in [0.15, 0.2) is 0 Å². The first-order valence-electron chi connectivity index (χ1n) is 7.58. The van der Waals surface area contributed by atoms with Crippen LogP contribution in [-0.2, 0) is 13.1 Å². The van der Waals surface area contributed by atoms with Crippen molar-refractivity contribution in [1.82, 2.24) is 15.1 Å². The molecule has 4 heteroatoms. The van der Waals surface area contributed by atoms with Gasteiger partial charge in [0.05, 0.1) is 12.8 Å². The Labute approximate surface area is 124 Å². The lowest BCUT2D eigenvalue weighted by atomic mass is 10.2. The molecule has 116 valence electrons. The van der Waals surface area contributed by atoms with E-state index in [4.69, 9.17) is 4.42 Å². The summed E-state index contributed by atoms with van der Waals surface area (Å²) >= 11 is 0. The van der Waals surface area contributed by atoms with Crippen LogP contribution in [-0.4, -0.2) is 50.6 Å². The zero-order valence-electron chi connectivity index (χ0n) is 13.8. The molecule has 1 heterocycles. The molecule has 0 aliphatic heterocycles. The van der Waals surface area contributed by atoms with Crippen LogP contribution in [0.4, 0.5) is 0 Å². The Morgan fingerprint density at radius 2 is 1.95 bits per heavy atom. The quantitative estimate of drug-likeness (QED) is 0.714. The predicted molar refractivity (Wildman–Crippen MR) is 84.8 cm³/mol. The summed E-state index contributed by atoms with van der Waals surface area (Å²) in [5.74, 6) is 1.77. The van der Waals surface area contributed by atoms with Crippen LogP contribution in [0.2, 0.25) is 0 Å². The number of nitrogens with one attached hydrogen (secondary N) is 1. The van der Waals surface area contributed by atoms with Gasteiger partial charge in [-0.1, -0.05) is 13.8 Å². The van der Waals surface area contributed by atoms with Crippen LogP contribution in [0.15, 0.2) is 16.7 Å². The first-order valence-corrected chi connectivity index (χ1v) is 7.58. The number of nitrogens with zero attached hydrogens (tertiary/aromatic N) is 2. The number of rotatable bonds is 10. The molecule has 0 aliphatic carbocycles. The van der Waals surface area contributed by atoms with Crippen molar-refractivity contribution in [2.45, 2.75) is 33.4 Å². The highest BCUT2D eigenvalue weighted by molar-refractivity contribution is 5.16. The lowest BCUT2D eigenvalue weighted by Crippen LogP contribution is -2.24. The first kappa shape index (κ1) is 17.2. The Bertz CT molecular complexity index is 360. The molecule has 0 aliphatic rings. The lowest BCUT2D eigenvalue weighted by Gasteiger charge is -2.17. The van der Waals surface area contributed by atoms with E-state index in [9.17, 15) is 0 Å². The second kappa shape index (κ2) is 9.16. The van der Waals surface area contributed by atoms with E-state index < -0.39 is 0 Å². The van der Waals surface area contributed by atoms with Crippen molar-refractivity contribution in [3.63, 3.8) is 0 Å². The molecule has 4 nitrogen and oxygen atoms in total. The Kier molecular flexibility index (Phi) is 7.88. The maximum atomic E-state index is 5.63. The average Bonchev–Trinajstić information content (AvgIpc) is 2.75. The Morgan fingerprint density at radius 3 is 2.60 bits per heavy atom. The Balaban J connectivity index is 2.34. The van der Waals surface area contributed by atoms with Gasteiger partial charge in [0, 0.05) is 12.1 Å². The molecule has 0 spiro atoms. The van der Waals surface area contributed by atoms with Crippen molar-refractivity contribution in [3.05, 3.63) is 23.7 Å². The Hall–Kier alpha value is -0.840. The molecule has 0 saturated carbocycles. The SMILES string of the molecule is CC(C)CNCc1ccoc1CN(C)CCCN(C)C. The highest BCUT2D eigenvalue weighted by Gasteiger charge is 2.09. The van der Waals surface area contributed by atoms with Crippen LogP contribution in [0.5, 0.6) is 0 Å². The van der Waals surface area contributed by atoms with Crippen LogP contribution in [0.25, 0.3) is 0 Å². The second-order valence-electron chi connectivity index (χ2n) is 6.29. The molecular weight excluding hydrogens is 250 g/mol. The van der Waals surface area contributed by atoms with Crippen LogP contribution in [0, 0.1) is 5.92 Å². The van der Waals surface area contributed by atoms with Gasteiger partial charge in [-0.05, 0) is 59.2 Å². The fraction of sp³-hybridized carbons (Fsp3) is 0.750. The van der Waals surface area contributed by atoms with E-state index in [1.165, 1.54) is 12.0 Å². The molecule has 1 aromatic rings. The van der Waals surface area contributed by atoms with Crippen LogP contribution in [0.3, 0.4) is 0 Å². The van der Waals surface area contributed by atoms with Crippen molar-refractivity contribution in [3.8, 4) is 0 Å². The smallest absolute Gasteiger partial charge is 0.122 e. The summed E-state index contributed by atoms with van der Waals surface area (Å²) in [7, 11) is 6.39. The van der Waals surface area contributed by atoms with E-state index in [0.717, 1.165) is 38.5 Å². The zero-order valence-corrected chi connectivity index (χ0v) is 13.8. The van der Waals surface area contributed by atoms with E-state index in [1.807, 2.05) is 0 Å².